The number of halogens is 2. The Morgan fingerprint density at radius 2 is 1.83 bits per heavy atom. The maximum Gasteiger partial charge on any atom is 0.273 e. The van der Waals surface area contributed by atoms with Crippen LogP contribution >= 0.6 is 23.2 Å². The Kier molecular flexibility index (Phi) is 5.26. The van der Waals surface area contributed by atoms with E-state index in [1.165, 1.54) is 43.4 Å². The third-order valence-corrected chi connectivity index (χ3v) is 5.68. The molecule has 0 unspecified atom stereocenters. The van der Waals surface area contributed by atoms with Crippen molar-refractivity contribution in [3.8, 4) is 0 Å². The highest BCUT2D eigenvalue weighted by Crippen LogP contribution is 2.29. The second kappa shape index (κ2) is 6.84. The van der Waals surface area contributed by atoms with Crippen LogP contribution < -0.4 is 0 Å². The summed E-state index contributed by atoms with van der Waals surface area (Å²) >= 11 is 11.8. The largest absolute Gasteiger partial charge is 0.273 e. The van der Waals surface area contributed by atoms with Gasteiger partial charge in [-0.15, -0.1) is 0 Å². The standard InChI is InChI=1S/C14H12Cl2N2O4S/c1-17(9-10-4-2-3-5-13(10)18(19)20)23(21,22)14-8-11(15)6-7-12(14)16/h2-8H,9H2,1H3. The second-order valence-electron chi connectivity index (χ2n) is 4.72. The first kappa shape index (κ1) is 17.7. The molecular weight excluding hydrogens is 363 g/mol. The van der Waals surface area contributed by atoms with Crippen molar-refractivity contribution in [2.24, 2.45) is 0 Å². The first-order chi connectivity index (χ1) is 10.7. The van der Waals surface area contributed by atoms with Gasteiger partial charge in [-0.05, 0) is 18.2 Å². The lowest BCUT2D eigenvalue weighted by molar-refractivity contribution is -0.385. The number of hydrogen-bond acceptors (Lipinski definition) is 4. The van der Waals surface area contributed by atoms with Crippen molar-refractivity contribution in [3.63, 3.8) is 0 Å². The molecule has 6 nitrogen and oxygen atoms in total. The van der Waals surface area contributed by atoms with E-state index in [1.54, 1.807) is 6.07 Å². The topological polar surface area (TPSA) is 80.5 Å². The van der Waals surface area contributed by atoms with Crippen molar-refractivity contribution in [1.29, 1.82) is 0 Å². The molecule has 9 heteroatoms. The molecule has 0 heterocycles. The number of hydrogen-bond donors (Lipinski definition) is 0. The third kappa shape index (κ3) is 3.81. The Morgan fingerprint density at radius 3 is 2.48 bits per heavy atom. The summed E-state index contributed by atoms with van der Waals surface area (Å²) in [5.41, 5.74) is 0.133. The minimum Gasteiger partial charge on any atom is -0.258 e. The van der Waals surface area contributed by atoms with Gasteiger partial charge in [-0.25, -0.2) is 8.42 Å². The van der Waals surface area contributed by atoms with Crippen molar-refractivity contribution < 1.29 is 13.3 Å². The van der Waals surface area contributed by atoms with E-state index < -0.39 is 14.9 Å². The van der Waals surface area contributed by atoms with Crippen LogP contribution in [-0.2, 0) is 16.6 Å². The molecule has 0 saturated heterocycles. The minimum absolute atomic E-state index is 0.0313. The zero-order valence-corrected chi connectivity index (χ0v) is 14.3. The lowest BCUT2D eigenvalue weighted by Gasteiger charge is -2.18. The molecule has 2 aromatic carbocycles. The molecule has 0 fully saturated rings. The van der Waals surface area contributed by atoms with Crippen LogP contribution in [0.25, 0.3) is 0 Å². The Labute approximate surface area is 143 Å². The average molecular weight is 375 g/mol. The molecule has 2 rings (SSSR count). The van der Waals surface area contributed by atoms with Gasteiger partial charge >= 0.3 is 0 Å². The van der Waals surface area contributed by atoms with Crippen LogP contribution in [0, 0.1) is 10.1 Å². The molecule has 2 aromatic rings. The highest BCUT2D eigenvalue weighted by atomic mass is 35.5. The molecule has 0 spiro atoms. The lowest BCUT2D eigenvalue weighted by Crippen LogP contribution is -2.27. The first-order valence-corrected chi connectivity index (χ1v) is 8.57. The van der Waals surface area contributed by atoms with Gasteiger partial charge in [0.05, 0.1) is 9.95 Å². The van der Waals surface area contributed by atoms with E-state index >= 15 is 0 Å². The molecule has 0 atom stereocenters. The van der Waals surface area contributed by atoms with Gasteiger partial charge in [-0.2, -0.15) is 4.31 Å². The summed E-state index contributed by atoms with van der Waals surface area (Å²) in [6, 6.07) is 10.1. The van der Waals surface area contributed by atoms with Gasteiger partial charge in [0.25, 0.3) is 5.69 Å². The fourth-order valence-corrected chi connectivity index (χ4v) is 3.87. The van der Waals surface area contributed by atoms with E-state index in [-0.39, 0.29) is 32.7 Å². The zero-order valence-electron chi connectivity index (χ0n) is 11.9. The monoisotopic (exact) mass is 374 g/mol. The summed E-state index contributed by atoms with van der Waals surface area (Å²) in [5.74, 6) is 0. The number of sulfonamides is 1. The van der Waals surface area contributed by atoms with Gasteiger partial charge in [0.2, 0.25) is 10.0 Å². The smallest absolute Gasteiger partial charge is 0.258 e. The summed E-state index contributed by atoms with van der Waals surface area (Å²) in [6.07, 6.45) is 0. The Balaban J connectivity index is 2.39. The molecule has 0 radical (unpaired) electrons. The Morgan fingerprint density at radius 1 is 1.17 bits per heavy atom. The summed E-state index contributed by atoms with van der Waals surface area (Å²) < 4.78 is 26.2. The van der Waals surface area contributed by atoms with Crippen LogP contribution in [0.3, 0.4) is 0 Å². The molecule has 0 amide bonds. The quantitative estimate of drug-likeness (QED) is 0.589. The summed E-state index contributed by atoms with van der Waals surface area (Å²) in [5, 5.41) is 11.3. The van der Waals surface area contributed by atoms with E-state index in [0.717, 1.165) is 4.31 Å². The molecule has 122 valence electrons. The predicted molar refractivity (Wildman–Crippen MR) is 88.2 cm³/mol. The van der Waals surface area contributed by atoms with Gasteiger partial charge in [0.15, 0.2) is 0 Å². The van der Waals surface area contributed by atoms with Gasteiger partial charge in [0, 0.05) is 30.2 Å². The molecule has 0 aliphatic carbocycles. The van der Waals surface area contributed by atoms with E-state index in [4.69, 9.17) is 23.2 Å². The first-order valence-electron chi connectivity index (χ1n) is 6.37. The molecule has 0 bridgehead atoms. The van der Waals surface area contributed by atoms with Crippen LogP contribution in [0.15, 0.2) is 47.4 Å². The van der Waals surface area contributed by atoms with Crippen LogP contribution in [0.2, 0.25) is 10.0 Å². The number of nitro groups is 1. The van der Waals surface area contributed by atoms with Crippen LogP contribution in [0.1, 0.15) is 5.56 Å². The third-order valence-electron chi connectivity index (χ3n) is 3.16. The van der Waals surface area contributed by atoms with Gasteiger partial charge < -0.3 is 0 Å². The van der Waals surface area contributed by atoms with Gasteiger partial charge in [0.1, 0.15) is 4.90 Å². The summed E-state index contributed by atoms with van der Waals surface area (Å²) in [7, 11) is -2.62. The van der Waals surface area contributed by atoms with Gasteiger partial charge in [-0.1, -0.05) is 41.4 Å². The molecular formula is C14H12Cl2N2O4S. The molecule has 0 saturated carbocycles. The van der Waals surface area contributed by atoms with Crippen molar-refractivity contribution in [2.45, 2.75) is 11.4 Å². The number of benzene rings is 2. The van der Waals surface area contributed by atoms with Crippen LogP contribution in [-0.4, -0.2) is 24.7 Å². The van der Waals surface area contributed by atoms with Crippen LogP contribution in [0.4, 0.5) is 5.69 Å². The van der Waals surface area contributed by atoms with E-state index in [9.17, 15) is 18.5 Å². The van der Waals surface area contributed by atoms with Crippen molar-refractivity contribution in [3.05, 3.63) is 68.2 Å². The van der Waals surface area contributed by atoms with Gasteiger partial charge in [-0.3, -0.25) is 10.1 Å². The maximum atomic E-state index is 12.6. The predicted octanol–water partition coefficient (Wildman–Crippen LogP) is 3.72. The van der Waals surface area contributed by atoms with E-state index in [1.807, 2.05) is 0 Å². The van der Waals surface area contributed by atoms with Crippen molar-refractivity contribution >= 4 is 38.9 Å². The SMILES string of the molecule is CN(Cc1ccccc1[N+](=O)[O-])S(=O)(=O)c1cc(Cl)ccc1Cl. The van der Waals surface area contributed by atoms with E-state index in [2.05, 4.69) is 0 Å². The number of nitrogens with zero attached hydrogens (tertiary/aromatic N) is 2. The minimum atomic E-state index is -3.94. The zero-order chi connectivity index (χ0) is 17.2. The van der Waals surface area contributed by atoms with Crippen molar-refractivity contribution in [1.82, 2.24) is 4.31 Å². The Bertz CT molecular complexity index is 856. The molecule has 0 aliphatic rings. The maximum absolute atomic E-state index is 12.6. The molecule has 0 aliphatic heterocycles. The Hall–Kier alpha value is -1.67. The fraction of sp³-hybridized carbons (Fsp3) is 0.143. The summed E-state index contributed by atoms with van der Waals surface area (Å²) in [6.45, 7) is -0.164. The molecule has 0 aromatic heterocycles. The average Bonchev–Trinajstić information content (AvgIpc) is 2.49. The normalized spacial score (nSPS) is 11.7. The second-order valence-corrected chi connectivity index (χ2v) is 7.58. The van der Waals surface area contributed by atoms with E-state index in [0.29, 0.717) is 0 Å². The number of rotatable bonds is 5. The van der Waals surface area contributed by atoms with Crippen LogP contribution in [0.5, 0.6) is 0 Å². The highest BCUT2D eigenvalue weighted by Gasteiger charge is 2.26. The lowest BCUT2D eigenvalue weighted by atomic mass is 10.2. The summed E-state index contributed by atoms with van der Waals surface area (Å²) in [4.78, 5) is 10.3. The number of nitro benzene ring substituents is 1. The fourth-order valence-electron chi connectivity index (χ4n) is 1.99. The molecule has 0 N–H and O–H groups in total. The number of para-hydroxylation sites is 1. The van der Waals surface area contributed by atoms with Crippen molar-refractivity contribution in [2.75, 3.05) is 7.05 Å². The highest BCUT2D eigenvalue weighted by molar-refractivity contribution is 7.89. The molecule has 23 heavy (non-hydrogen) atoms.